The molecule has 2 rings (SSSR count). The van der Waals surface area contributed by atoms with Crippen LogP contribution in [-0.2, 0) is 16.8 Å². The van der Waals surface area contributed by atoms with E-state index < -0.39 is 10.2 Å². The molecule has 20 heavy (non-hydrogen) atoms. The summed E-state index contributed by atoms with van der Waals surface area (Å²) in [7, 11) is -1.80. The van der Waals surface area contributed by atoms with Crippen molar-refractivity contribution in [3.8, 4) is 5.75 Å². The van der Waals surface area contributed by atoms with Gasteiger partial charge in [-0.25, -0.2) is 0 Å². The normalized spacial score (nSPS) is 21.2. The summed E-state index contributed by atoms with van der Waals surface area (Å²) in [6.07, 6.45) is 2.02. The van der Waals surface area contributed by atoms with Gasteiger partial charge in [-0.15, -0.1) is 0 Å². The molecule has 0 amide bonds. The van der Waals surface area contributed by atoms with E-state index in [0.29, 0.717) is 25.6 Å². The molecule has 1 fully saturated rings. The molecule has 1 N–H and O–H groups in total. The highest BCUT2D eigenvalue weighted by Crippen LogP contribution is 2.21. The molecule has 1 aliphatic heterocycles. The molecule has 1 aliphatic rings. The van der Waals surface area contributed by atoms with Crippen LogP contribution in [0.2, 0.25) is 0 Å². The van der Waals surface area contributed by atoms with E-state index in [4.69, 9.17) is 0 Å². The minimum absolute atomic E-state index is 0.184. The number of nitrogens with zero attached hydrogens (tertiary/aromatic N) is 2. The van der Waals surface area contributed by atoms with Crippen LogP contribution in [0.4, 0.5) is 0 Å². The first-order valence-corrected chi connectivity index (χ1v) is 8.28. The average molecular weight is 298 g/mol. The van der Waals surface area contributed by atoms with E-state index in [9.17, 15) is 13.5 Å². The molecular weight excluding hydrogens is 276 g/mol. The summed E-state index contributed by atoms with van der Waals surface area (Å²) in [6.45, 7) is 3.60. The second kappa shape index (κ2) is 6.11. The summed E-state index contributed by atoms with van der Waals surface area (Å²) in [4.78, 5) is 0. The second-order valence-corrected chi connectivity index (χ2v) is 7.57. The van der Waals surface area contributed by atoms with Crippen molar-refractivity contribution in [2.75, 3.05) is 20.1 Å². The molecule has 1 unspecified atom stereocenters. The van der Waals surface area contributed by atoms with Crippen molar-refractivity contribution in [1.82, 2.24) is 8.61 Å². The van der Waals surface area contributed by atoms with Crippen LogP contribution in [0.15, 0.2) is 24.3 Å². The van der Waals surface area contributed by atoms with Gasteiger partial charge >= 0.3 is 0 Å². The number of benzene rings is 1. The second-order valence-electron chi connectivity index (χ2n) is 5.54. The summed E-state index contributed by atoms with van der Waals surface area (Å²) in [5.74, 6) is 0.602. The Balaban J connectivity index is 2.06. The standard InChI is InChI=1S/C14H22N2O3S/c1-12-4-3-9-16(10-12)20(18,19)15(2)11-13-5-7-14(17)8-6-13/h5-8,12,17H,3-4,9-11H2,1-2H3. The molecule has 1 heterocycles. The summed E-state index contributed by atoms with van der Waals surface area (Å²) in [5.41, 5.74) is 0.860. The van der Waals surface area contributed by atoms with E-state index in [1.807, 2.05) is 0 Å². The molecular formula is C14H22N2O3S. The van der Waals surface area contributed by atoms with E-state index in [1.165, 1.54) is 4.31 Å². The summed E-state index contributed by atoms with van der Waals surface area (Å²) in [6, 6.07) is 6.61. The molecule has 0 aliphatic carbocycles. The van der Waals surface area contributed by atoms with Gasteiger partial charge in [-0.05, 0) is 36.5 Å². The smallest absolute Gasteiger partial charge is 0.282 e. The van der Waals surface area contributed by atoms with Crippen molar-refractivity contribution in [1.29, 1.82) is 0 Å². The molecule has 6 heteroatoms. The summed E-state index contributed by atoms with van der Waals surface area (Å²) >= 11 is 0. The number of piperidine rings is 1. The van der Waals surface area contributed by atoms with Crippen molar-refractivity contribution in [2.24, 2.45) is 5.92 Å². The highest BCUT2D eigenvalue weighted by Gasteiger charge is 2.30. The summed E-state index contributed by atoms with van der Waals surface area (Å²) < 4.78 is 28.0. The fourth-order valence-electron chi connectivity index (χ4n) is 2.49. The predicted octanol–water partition coefficient (Wildman–Crippen LogP) is 1.80. The fourth-order valence-corrected chi connectivity index (χ4v) is 4.00. The van der Waals surface area contributed by atoms with E-state index in [-0.39, 0.29) is 5.75 Å². The Bertz CT molecular complexity index is 542. The van der Waals surface area contributed by atoms with Crippen LogP contribution in [0, 0.1) is 5.92 Å². The topological polar surface area (TPSA) is 60.9 Å². The van der Waals surface area contributed by atoms with Crippen molar-refractivity contribution < 1.29 is 13.5 Å². The third-order valence-corrected chi connectivity index (χ3v) is 5.58. The SMILES string of the molecule is CC1CCCN(S(=O)(=O)N(C)Cc2ccc(O)cc2)C1. The molecule has 1 aromatic rings. The molecule has 1 atom stereocenters. The largest absolute Gasteiger partial charge is 0.508 e. The zero-order valence-electron chi connectivity index (χ0n) is 12.0. The zero-order chi connectivity index (χ0) is 14.8. The van der Waals surface area contributed by atoms with Crippen molar-refractivity contribution in [3.63, 3.8) is 0 Å². The van der Waals surface area contributed by atoms with Gasteiger partial charge in [0.05, 0.1) is 0 Å². The van der Waals surface area contributed by atoms with Gasteiger partial charge in [0.15, 0.2) is 0 Å². The Hall–Kier alpha value is -1.11. The lowest BCUT2D eigenvalue weighted by Gasteiger charge is -2.33. The van der Waals surface area contributed by atoms with Crippen LogP contribution in [0.5, 0.6) is 5.75 Å². The lowest BCUT2D eigenvalue weighted by atomic mass is 10.0. The van der Waals surface area contributed by atoms with Crippen LogP contribution >= 0.6 is 0 Å². The molecule has 0 spiro atoms. The maximum Gasteiger partial charge on any atom is 0.282 e. The fraction of sp³-hybridized carbons (Fsp3) is 0.571. The number of hydrogen-bond acceptors (Lipinski definition) is 3. The third kappa shape index (κ3) is 3.50. The van der Waals surface area contributed by atoms with Crippen LogP contribution < -0.4 is 0 Å². The van der Waals surface area contributed by atoms with Gasteiger partial charge in [-0.1, -0.05) is 19.1 Å². The van der Waals surface area contributed by atoms with Gasteiger partial charge in [0.1, 0.15) is 5.75 Å². The van der Waals surface area contributed by atoms with Crippen LogP contribution in [0.1, 0.15) is 25.3 Å². The minimum atomic E-state index is -3.40. The van der Waals surface area contributed by atoms with E-state index in [2.05, 4.69) is 6.92 Å². The maximum absolute atomic E-state index is 12.5. The van der Waals surface area contributed by atoms with Gasteiger partial charge in [0.2, 0.25) is 0 Å². The van der Waals surface area contributed by atoms with Crippen LogP contribution in [0.3, 0.4) is 0 Å². The highest BCUT2D eigenvalue weighted by atomic mass is 32.2. The Kier molecular flexibility index (Phi) is 4.67. The first-order valence-electron chi connectivity index (χ1n) is 6.89. The number of aromatic hydroxyl groups is 1. The molecule has 1 saturated heterocycles. The number of phenolic OH excluding ortho intramolecular Hbond substituents is 1. The van der Waals surface area contributed by atoms with Crippen LogP contribution in [0.25, 0.3) is 0 Å². The average Bonchev–Trinajstić information content (AvgIpc) is 2.41. The number of rotatable bonds is 4. The van der Waals surface area contributed by atoms with E-state index in [0.717, 1.165) is 18.4 Å². The molecule has 0 saturated carbocycles. The monoisotopic (exact) mass is 298 g/mol. The Morgan fingerprint density at radius 2 is 2.00 bits per heavy atom. The zero-order valence-corrected chi connectivity index (χ0v) is 12.8. The van der Waals surface area contributed by atoms with Crippen molar-refractivity contribution >= 4 is 10.2 Å². The molecule has 1 aromatic carbocycles. The van der Waals surface area contributed by atoms with Crippen molar-refractivity contribution in [3.05, 3.63) is 29.8 Å². The van der Waals surface area contributed by atoms with E-state index in [1.54, 1.807) is 35.6 Å². The van der Waals surface area contributed by atoms with Gasteiger partial charge in [0.25, 0.3) is 10.2 Å². The molecule has 0 aromatic heterocycles. The Labute approximate surface area is 121 Å². The third-order valence-electron chi connectivity index (χ3n) is 3.68. The van der Waals surface area contributed by atoms with Crippen molar-refractivity contribution in [2.45, 2.75) is 26.3 Å². The van der Waals surface area contributed by atoms with E-state index >= 15 is 0 Å². The minimum Gasteiger partial charge on any atom is -0.508 e. The highest BCUT2D eigenvalue weighted by molar-refractivity contribution is 7.86. The first kappa shape index (κ1) is 15.3. The van der Waals surface area contributed by atoms with Crippen LogP contribution in [-0.4, -0.2) is 42.3 Å². The Morgan fingerprint density at radius 1 is 1.35 bits per heavy atom. The number of phenols is 1. The van der Waals surface area contributed by atoms with Gasteiger partial charge < -0.3 is 5.11 Å². The molecule has 112 valence electrons. The van der Waals surface area contributed by atoms with Gasteiger partial charge in [0, 0.05) is 26.7 Å². The molecule has 0 radical (unpaired) electrons. The maximum atomic E-state index is 12.5. The Morgan fingerprint density at radius 3 is 2.60 bits per heavy atom. The molecule has 0 bridgehead atoms. The number of hydrogen-bond donors (Lipinski definition) is 1. The quantitative estimate of drug-likeness (QED) is 0.922. The lowest BCUT2D eigenvalue weighted by Crippen LogP contribution is -2.45. The van der Waals surface area contributed by atoms with Gasteiger partial charge in [-0.3, -0.25) is 0 Å². The molecule has 5 nitrogen and oxygen atoms in total. The first-order chi connectivity index (χ1) is 9.39. The van der Waals surface area contributed by atoms with Gasteiger partial charge in [-0.2, -0.15) is 17.0 Å². The summed E-state index contributed by atoms with van der Waals surface area (Å²) in [5, 5.41) is 9.24. The lowest BCUT2D eigenvalue weighted by molar-refractivity contribution is 0.263. The predicted molar refractivity (Wildman–Crippen MR) is 78.5 cm³/mol.